The van der Waals surface area contributed by atoms with Gasteiger partial charge in [-0.2, -0.15) is 0 Å². The first-order valence-corrected chi connectivity index (χ1v) is 7.33. The minimum Gasteiger partial charge on any atom is -0.381 e. The highest BCUT2D eigenvalue weighted by Gasteiger charge is 2.20. The summed E-state index contributed by atoms with van der Waals surface area (Å²) in [5.41, 5.74) is 5.30. The molecular formula is C14H29NO4. The predicted molar refractivity (Wildman–Crippen MR) is 74.3 cm³/mol. The Hall–Kier alpha value is -0.200. The fourth-order valence-electron chi connectivity index (χ4n) is 2.31. The summed E-state index contributed by atoms with van der Waals surface area (Å²) in [6.45, 7) is 4.54. The zero-order valence-corrected chi connectivity index (χ0v) is 12.1. The summed E-state index contributed by atoms with van der Waals surface area (Å²) in [6.07, 6.45) is 5.23. The van der Waals surface area contributed by atoms with Crippen LogP contribution < -0.4 is 5.73 Å². The summed E-state index contributed by atoms with van der Waals surface area (Å²) < 4.78 is 21.6. The summed E-state index contributed by atoms with van der Waals surface area (Å²) in [7, 11) is 1.80. The van der Waals surface area contributed by atoms with Crippen molar-refractivity contribution in [2.75, 3.05) is 53.3 Å². The molecule has 1 fully saturated rings. The van der Waals surface area contributed by atoms with Crippen molar-refractivity contribution in [3.05, 3.63) is 0 Å². The Bertz CT molecular complexity index is 196. The molecule has 0 aromatic rings. The van der Waals surface area contributed by atoms with E-state index in [0.29, 0.717) is 51.6 Å². The van der Waals surface area contributed by atoms with E-state index in [4.69, 9.17) is 24.7 Å². The van der Waals surface area contributed by atoms with Gasteiger partial charge in [0, 0.05) is 20.3 Å². The van der Waals surface area contributed by atoms with Crippen LogP contribution in [0.4, 0.5) is 0 Å². The molecule has 114 valence electrons. The highest BCUT2D eigenvalue weighted by Crippen LogP contribution is 2.25. The Balaban J connectivity index is 1.81. The quantitative estimate of drug-likeness (QED) is 0.574. The van der Waals surface area contributed by atoms with Crippen molar-refractivity contribution in [2.24, 2.45) is 11.7 Å². The SMILES string of the molecule is COC1CCC(COCCOCCOCCN)CC1. The van der Waals surface area contributed by atoms with Gasteiger partial charge in [0.1, 0.15) is 0 Å². The lowest BCUT2D eigenvalue weighted by molar-refractivity contribution is -0.00435. The smallest absolute Gasteiger partial charge is 0.0701 e. The van der Waals surface area contributed by atoms with Crippen LogP contribution in [0.25, 0.3) is 0 Å². The molecule has 2 N–H and O–H groups in total. The van der Waals surface area contributed by atoms with Crippen LogP contribution in [-0.4, -0.2) is 59.4 Å². The largest absolute Gasteiger partial charge is 0.381 e. The molecule has 19 heavy (non-hydrogen) atoms. The molecule has 0 spiro atoms. The van der Waals surface area contributed by atoms with Crippen LogP contribution in [0.2, 0.25) is 0 Å². The van der Waals surface area contributed by atoms with Crippen molar-refractivity contribution in [3.8, 4) is 0 Å². The van der Waals surface area contributed by atoms with Gasteiger partial charge in [-0.15, -0.1) is 0 Å². The third-order valence-electron chi connectivity index (χ3n) is 3.49. The summed E-state index contributed by atoms with van der Waals surface area (Å²) >= 11 is 0. The first-order valence-electron chi connectivity index (χ1n) is 7.33. The van der Waals surface area contributed by atoms with E-state index in [-0.39, 0.29) is 0 Å². The zero-order valence-electron chi connectivity index (χ0n) is 12.1. The Morgan fingerprint density at radius 1 is 0.842 bits per heavy atom. The van der Waals surface area contributed by atoms with E-state index in [1.54, 1.807) is 7.11 Å². The first kappa shape index (κ1) is 16.9. The average molecular weight is 275 g/mol. The minimum atomic E-state index is 0.466. The number of rotatable bonds is 11. The van der Waals surface area contributed by atoms with Crippen LogP contribution in [0, 0.1) is 5.92 Å². The highest BCUT2D eigenvalue weighted by atomic mass is 16.5. The van der Waals surface area contributed by atoms with Gasteiger partial charge in [-0.1, -0.05) is 0 Å². The molecule has 0 aliphatic heterocycles. The molecule has 0 bridgehead atoms. The van der Waals surface area contributed by atoms with E-state index in [2.05, 4.69) is 0 Å². The molecule has 0 unspecified atom stereocenters. The standard InChI is InChI=1S/C14H29NO4/c1-16-14-4-2-13(3-5-14)12-19-11-10-18-9-8-17-7-6-15/h13-14H,2-12,15H2,1H3. The molecule has 0 aromatic heterocycles. The van der Waals surface area contributed by atoms with Gasteiger partial charge >= 0.3 is 0 Å². The monoisotopic (exact) mass is 275 g/mol. The Morgan fingerprint density at radius 3 is 2.00 bits per heavy atom. The summed E-state index contributed by atoms with van der Waals surface area (Å²) in [6, 6.07) is 0. The van der Waals surface area contributed by atoms with Gasteiger partial charge in [-0.25, -0.2) is 0 Å². The van der Waals surface area contributed by atoms with Gasteiger partial charge in [-0.05, 0) is 31.6 Å². The van der Waals surface area contributed by atoms with Crippen LogP contribution in [0.5, 0.6) is 0 Å². The van der Waals surface area contributed by atoms with Crippen molar-refractivity contribution in [2.45, 2.75) is 31.8 Å². The number of nitrogens with two attached hydrogens (primary N) is 1. The molecule has 0 heterocycles. The predicted octanol–water partition coefficient (Wildman–Crippen LogP) is 1.20. The Labute approximate surface area is 116 Å². The maximum absolute atomic E-state index is 5.64. The molecule has 1 aliphatic carbocycles. The topological polar surface area (TPSA) is 62.9 Å². The zero-order chi connectivity index (χ0) is 13.8. The average Bonchev–Trinajstić information content (AvgIpc) is 2.46. The lowest BCUT2D eigenvalue weighted by Crippen LogP contribution is -2.23. The Morgan fingerprint density at radius 2 is 1.42 bits per heavy atom. The molecule has 0 saturated heterocycles. The molecule has 5 nitrogen and oxygen atoms in total. The fraction of sp³-hybridized carbons (Fsp3) is 1.00. The second-order valence-corrected chi connectivity index (χ2v) is 4.97. The van der Waals surface area contributed by atoms with Gasteiger partial charge in [0.15, 0.2) is 0 Å². The number of hydrogen-bond acceptors (Lipinski definition) is 5. The van der Waals surface area contributed by atoms with Crippen LogP contribution in [0.1, 0.15) is 25.7 Å². The molecule has 1 aliphatic rings. The van der Waals surface area contributed by atoms with Gasteiger partial charge in [-0.3, -0.25) is 0 Å². The molecule has 1 rings (SSSR count). The van der Waals surface area contributed by atoms with Gasteiger partial charge in [0.05, 0.1) is 39.1 Å². The van der Waals surface area contributed by atoms with Crippen molar-refractivity contribution < 1.29 is 18.9 Å². The highest BCUT2D eigenvalue weighted by molar-refractivity contribution is 4.72. The van der Waals surface area contributed by atoms with E-state index >= 15 is 0 Å². The van der Waals surface area contributed by atoms with E-state index in [1.807, 2.05) is 0 Å². The molecular weight excluding hydrogens is 246 g/mol. The second-order valence-electron chi connectivity index (χ2n) is 4.97. The van der Waals surface area contributed by atoms with Crippen molar-refractivity contribution >= 4 is 0 Å². The van der Waals surface area contributed by atoms with Crippen LogP contribution in [0.15, 0.2) is 0 Å². The second kappa shape index (κ2) is 11.6. The number of methoxy groups -OCH3 is 1. The van der Waals surface area contributed by atoms with Gasteiger partial charge < -0.3 is 24.7 Å². The molecule has 0 amide bonds. The van der Waals surface area contributed by atoms with E-state index in [1.165, 1.54) is 25.7 Å². The summed E-state index contributed by atoms with van der Waals surface area (Å²) in [5.74, 6) is 0.694. The number of ether oxygens (including phenoxy) is 4. The minimum absolute atomic E-state index is 0.466. The van der Waals surface area contributed by atoms with Gasteiger partial charge in [0.25, 0.3) is 0 Å². The van der Waals surface area contributed by atoms with Crippen molar-refractivity contribution in [3.63, 3.8) is 0 Å². The van der Waals surface area contributed by atoms with Crippen LogP contribution in [0.3, 0.4) is 0 Å². The molecule has 0 atom stereocenters. The molecule has 0 radical (unpaired) electrons. The van der Waals surface area contributed by atoms with E-state index in [0.717, 1.165) is 6.61 Å². The molecule has 5 heteroatoms. The maximum Gasteiger partial charge on any atom is 0.0701 e. The van der Waals surface area contributed by atoms with Crippen LogP contribution in [-0.2, 0) is 18.9 Å². The molecule has 1 saturated carbocycles. The van der Waals surface area contributed by atoms with E-state index < -0.39 is 0 Å². The van der Waals surface area contributed by atoms with E-state index in [9.17, 15) is 0 Å². The summed E-state index contributed by atoms with van der Waals surface area (Å²) in [4.78, 5) is 0. The first-order chi connectivity index (χ1) is 9.36. The van der Waals surface area contributed by atoms with Crippen molar-refractivity contribution in [1.29, 1.82) is 0 Å². The Kier molecular flexibility index (Phi) is 10.3. The third-order valence-corrected chi connectivity index (χ3v) is 3.49. The van der Waals surface area contributed by atoms with Crippen LogP contribution >= 0.6 is 0 Å². The van der Waals surface area contributed by atoms with Gasteiger partial charge in [0.2, 0.25) is 0 Å². The maximum atomic E-state index is 5.64. The lowest BCUT2D eigenvalue weighted by atomic mass is 9.88. The van der Waals surface area contributed by atoms with Crippen molar-refractivity contribution in [1.82, 2.24) is 0 Å². The normalized spacial score (nSPS) is 23.7. The number of hydrogen-bond donors (Lipinski definition) is 1. The third kappa shape index (κ3) is 8.55. The summed E-state index contributed by atoms with van der Waals surface area (Å²) in [5, 5.41) is 0. The molecule has 0 aromatic carbocycles. The lowest BCUT2D eigenvalue weighted by Gasteiger charge is -2.27. The fourth-order valence-corrected chi connectivity index (χ4v) is 2.31.